The van der Waals surface area contributed by atoms with Crippen LogP contribution in [0, 0.1) is 0 Å². The standard InChI is InChI=1S/C12H18O3/c1-7(13)10-4-11(8(2)14)6-12(5-10)9(3)15/h4-9,13-15H,1-3H3. The van der Waals surface area contributed by atoms with Crippen LogP contribution >= 0.6 is 0 Å². The summed E-state index contributed by atoms with van der Waals surface area (Å²) >= 11 is 0. The maximum Gasteiger partial charge on any atom is 0.0762 e. The molecule has 0 aliphatic carbocycles. The molecule has 0 aliphatic heterocycles. The Morgan fingerprint density at radius 2 is 0.867 bits per heavy atom. The highest BCUT2D eigenvalue weighted by Crippen LogP contribution is 2.24. The molecule has 1 rings (SSSR count). The van der Waals surface area contributed by atoms with E-state index < -0.39 is 18.3 Å². The van der Waals surface area contributed by atoms with E-state index in [4.69, 9.17) is 0 Å². The van der Waals surface area contributed by atoms with Crippen LogP contribution in [0.3, 0.4) is 0 Å². The van der Waals surface area contributed by atoms with Gasteiger partial charge in [0.25, 0.3) is 0 Å². The lowest BCUT2D eigenvalue weighted by Crippen LogP contribution is -2.01. The van der Waals surface area contributed by atoms with Crippen LogP contribution in [0.5, 0.6) is 0 Å². The number of aliphatic hydroxyl groups is 3. The minimum Gasteiger partial charge on any atom is -0.389 e. The van der Waals surface area contributed by atoms with Crippen molar-refractivity contribution in [2.45, 2.75) is 39.1 Å². The molecule has 0 saturated carbocycles. The van der Waals surface area contributed by atoms with Gasteiger partial charge in [0.15, 0.2) is 0 Å². The minimum absolute atomic E-state index is 0.596. The zero-order chi connectivity index (χ0) is 11.6. The van der Waals surface area contributed by atoms with Crippen LogP contribution in [-0.4, -0.2) is 15.3 Å². The summed E-state index contributed by atoms with van der Waals surface area (Å²) in [6, 6.07) is 5.25. The Morgan fingerprint density at radius 3 is 1.00 bits per heavy atom. The zero-order valence-corrected chi connectivity index (χ0v) is 9.31. The maximum atomic E-state index is 9.47. The number of benzene rings is 1. The van der Waals surface area contributed by atoms with E-state index in [1.807, 2.05) is 0 Å². The molecule has 3 atom stereocenters. The molecule has 1 aromatic rings. The topological polar surface area (TPSA) is 60.7 Å². The summed E-state index contributed by atoms with van der Waals surface area (Å²) in [6.45, 7) is 4.98. The van der Waals surface area contributed by atoms with Gasteiger partial charge in [-0.15, -0.1) is 0 Å². The monoisotopic (exact) mass is 210 g/mol. The first kappa shape index (κ1) is 12.2. The summed E-state index contributed by atoms with van der Waals surface area (Å²) in [5.74, 6) is 0. The number of hydrogen-bond donors (Lipinski definition) is 3. The number of hydrogen-bond acceptors (Lipinski definition) is 3. The van der Waals surface area contributed by atoms with Gasteiger partial charge in [0, 0.05) is 0 Å². The third-order valence-electron chi connectivity index (χ3n) is 2.45. The van der Waals surface area contributed by atoms with E-state index in [1.54, 1.807) is 39.0 Å². The second-order valence-corrected chi connectivity index (χ2v) is 3.96. The first-order chi connectivity index (χ1) is 6.91. The van der Waals surface area contributed by atoms with Crippen molar-refractivity contribution in [3.8, 4) is 0 Å². The Bertz CT molecular complexity index is 265. The molecular weight excluding hydrogens is 192 g/mol. The predicted octanol–water partition coefficient (Wildman–Crippen LogP) is 1.85. The molecule has 0 bridgehead atoms. The summed E-state index contributed by atoms with van der Waals surface area (Å²) < 4.78 is 0. The first-order valence-electron chi connectivity index (χ1n) is 5.10. The minimum atomic E-state index is -0.596. The molecule has 0 radical (unpaired) electrons. The molecule has 15 heavy (non-hydrogen) atoms. The fourth-order valence-corrected chi connectivity index (χ4v) is 1.43. The fraction of sp³-hybridized carbons (Fsp3) is 0.500. The molecule has 0 heterocycles. The van der Waals surface area contributed by atoms with Gasteiger partial charge in [-0.3, -0.25) is 0 Å². The lowest BCUT2D eigenvalue weighted by atomic mass is 9.98. The van der Waals surface area contributed by atoms with Crippen LogP contribution in [0.25, 0.3) is 0 Å². The Morgan fingerprint density at radius 1 is 0.667 bits per heavy atom. The molecule has 3 nitrogen and oxygen atoms in total. The third-order valence-corrected chi connectivity index (χ3v) is 2.45. The predicted molar refractivity (Wildman–Crippen MR) is 58.3 cm³/mol. The van der Waals surface area contributed by atoms with E-state index in [9.17, 15) is 15.3 Å². The van der Waals surface area contributed by atoms with Crippen LogP contribution in [0.4, 0.5) is 0 Å². The lowest BCUT2D eigenvalue weighted by molar-refractivity contribution is 0.186. The summed E-state index contributed by atoms with van der Waals surface area (Å²) in [7, 11) is 0. The molecule has 3 heteroatoms. The van der Waals surface area contributed by atoms with Crippen LogP contribution in [0.15, 0.2) is 18.2 Å². The number of rotatable bonds is 3. The zero-order valence-electron chi connectivity index (χ0n) is 9.31. The Hall–Kier alpha value is -0.900. The molecule has 84 valence electrons. The summed E-state index contributed by atoms with van der Waals surface area (Å²) in [6.07, 6.45) is -1.79. The molecule has 3 N–H and O–H groups in total. The second kappa shape index (κ2) is 4.75. The molecule has 0 amide bonds. The fourth-order valence-electron chi connectivity index (χ4n) is 1.43. The van der Waals surface area contributed by atoms with Crippen molar-refractivity contribution in [1.82, 2.24) is 0 Å². The first-order valence-corrected chi connectivity index (χ1v) is 5.10. The normalized spacial score (nSPS) is 17.2. The van der Waals surface area contributed by atoms with Crippen molar-refractivity contribution in [1.29, 1.82) is 0 Å². The van der Waals surface area contributed by atoms with E-state index in [-0.39, 0.29) is 0 Å². The maximum absolute atomic E-state index is 9.47. The molecule has 1 aromatic carbocycles. The van der Waals surface area contributed by atoms with E-state index in [0.29, 0.717) is 16.7 Å². The van der Waals surface area contributed by atoms with Crippen molar-refractivity contribution < 1.29 is 15.3 Å². The molecular formula is C12H18O3. The van der Waals surface area contributed by atoms with E-state index in [0.717, 1.165) is 0 Å². The molecule has 0 fully saturated rings. The SMILES string of the molecule is CC(O)c1cc(C(C)O)cc(C(C)O)c1. The van der Waals surface area contributed by atoms with Gasteiger partial charge in [0.2, 0.25) is 0 Å². The Balaban J connectivity index is 3.20. The van der Waals surface area contributed by atoms with Crippen molar-refractivity contribution in [3.63, 3.8) is 0 Å². The molecule has 0 aliphatic rings. The smallest absolute Gasteiger partial charge is 0.0762 e. The van der Waals surface area contributed by atoms with Gasteiger partial charge < -0.3 is 15.3 Å². The highest BCUT2D eigenvalue weighted by Gasteiger charge is 2.11. The van der Waals surface area contributed by atoms with Crippen LogP contribution < -0.4 is 0 Å². The van der Waals surface area contributed by atoms with Crippen LogP contribution in [-0.2, 0) is 0 Å². The van der Waals surface area contributed by atoms with E-state index >= 15 is 0 Å². The van der Waals surface area contributed by atoms with Crippen LogP contribution in [0.2, 0.25) is 0 Å². The van der Waals surface area contributed by atoms with Gasteiger partial charge in [0.1, 0.15) is 0 Å². The van der Waals surface area contributed by atoms with Crippen molar-refractivity contribution in [3.05, 3.63) is 34.9 Å². The van der Waals surface area contributed by atoms with Gasteiger partial charge in [-0.25, -0.2) is 0 Å². The largest absolute Gasteiger partial charge is 0.389 e. The average Bonchev–Trinajstić information content (AvgIpc) is 2.16. The summed E-state index contributed by atoms with van der Waals surface area (Å²) in [4.78, 5) is 0. The molecule has 0 saturated heterocycles. The highest BCUT2D eigenvalue weighted by molar-refractivity contribution is 5.33. The van der Waals surface area contributed by atoms with Gasteiger partial charge in [-0.1, -0.05) is 18.2 Å². The third kappa shape index (κ3) is 3.02. The van der Waals surface area contributed by atoms with Crippen LogP contribution in [0.1, 0.15) is 55.8 Å². The average molecular weight is 210 g/mol. The van der Waals surface area contributed by atoms with E-state index in [2.05, 4.69) is 0 Å². The molecule has 3 unspecified atom stereocenters. The van der Waals surface area contributed by atoms with Crippen molar-refractivity contribution >= 4 is 0 Å². The molecule has 0 spiro atoms. The lowest BCUT2D eigenvalue weighted by Gasteiger charge is -2.14. The van der Waals surface area contributed by atoms with Crippen molar-refractivity contribution in [2.75, 3.05) is 0 Å². The Kier molecular flexibility index (Phi) is 3.85. The summed E-state index contributed by atoms with van der Waals surface area (Å²) in [5.41, 5.74) is 2.14. The number of aliphatic hydroxyl groups excluding tert-OH is 3. The van der Waals surface area contributed by atoms with E-state index in [1.165, 1.54) is 0 Å². The van der Waals surface area contributed by atoms with Gasteiger partial charge in [0.05, 0.1) is 18.3 Å². The summed E-state index contributed by atoms with van der Waals surface area (Å²) in [5, 5.41) is 28.4. The van der Waals surface area contributed by atoms with Gasteiger partial charge >= 0.3 is 0 Å². The Labute approximate surface area is 90.0 Å². The highest BCUT2D eigenvalue weighted by atomic mass is 16.3. The van der Waals surface area contributed by atoms with Crippen molar-refractivity contribution in [2.24, 2.45) is 0 Å². The van der Waals surface area contributed by atoms with Gasteiger partial charge in [-0.05, 0) is 37.5 Å². The van der Waals surface area contributed by atoms with Gasteiger partial charge in [-0.2, -0.15) is 0 Å². The molecule has 0 aromatic heterocycles. The second-order valence-electron chi connectivity index (χ2n) is 3.96. The quantitative estimate of drug-likeness (QED) is 0.713.